The maximum absolute atomic E-state index is 11.3. The predicted molar refractivity (Wildman–Crippen MR) is 68.6 cm³/mol. The second-order valence-electron chi connectivity index (χ2n) is 4.41. The Labute approximate surface area is 104 Å². The molecule has 0 saturated heterocycles. The molecule has 0 unspecified atom stereocenters. The normalized spacial score (nSPS) is 10.4. The van der Waals surface area contributed by atoms with Gasteiger partial charge in [-0.3, -0.25) is 9.59 Å². The van der Waals surface area contributed by atoms with E-state index in [4.69, 9.17) is 0 Å². The Morgan fingerprint density at radius 1 is 1.06 bits per heavy atom. The van der Waals surface area contributed by atoms with E-state index in [-0.39, 0.29) is 18.4 Å². The molecule has 0 aliphatic carbocycles. The van der Waals surface area contributed by atoms with Crippen LogP contribution in [-0.4, -0.2) is 38.0 Å². The van der Waals surface area contributed by atoms with Gasteiger partial charge in [-0.15, -0.1) is 0 Å². The van der Waals surface area contributed by atoms with Crippen LogP contribution in [0.5, 0.6) is 0 Å². The van der Waals surface area contributed by atoms with Gasteiger partial charge in [-0.2, -0.15) is 0 Å². The standard InChI is InChI=1S/C12H25N3O2/c1-4-14-11(16)6-7-13-9-12(17)15-8-5-10(2)3/h10,13H,4-9H2,1-3H3,(H,14,16)(H,15,17). The minimum absolute atomic E-state index is 0.0125. The largest absolute Gasteiger partial charge is 0.356 e. The minimum Gasteiger partial charge on any atom is -0.356 e. The quantitative estimate of drug-likeness (QED) is 0.509. The van der Waals surface area contributed by atoms with E-state index in [9.17, 15) is 9.59 Å². The van der Waals surface area contributed by atoms with Crippen molar-refractivity contribution >= 4 is 11.8 Å². The van der Waals surface area contributed by atoms with Crippen LogP contribution in [-0.2, 0) is 9.59 Å². The first-order valence-corrected chi connectivity index (χ1v) is 6.30. The Balaban J connectivity index is 3.36. The highest BCUT2D eigenvalue weighted by molar-refractivity contribution is 5.78. The number of hydrogen-bond acceptors (Lipinski definition) is 3. The lowest BCUT2D eigenvalue weighted by molar-refractivity contribution is -0.122. The SMILES string of the molecule is CCNC(=O)CCNCC(=O)NCCC(C)C. The summed E-state index contributed by atoms with van der Waals surface area (Å²) in [5.74, 6) is 0.600. The van der Waals surface area contributed by atoms with Gasteiger partial charge >= 0.3 is 0 Å². The molecule has 100 valence electrons. The van der Waals surface area contributed by atoms with E-state index in [1.807, 2.05) is 6.92 Å². The van der Waals surface area contributed by atoms with Crippen LogP contribution in [0, 0.1) is 5.92 Å². The van der Waals surface area contributed by atoms with E-state index >= 15 is 0 Å². The number of rotatable bonds is 9. The van der Waals surface area contributed by atoms with Crippen molar-refractivity contribution in [3.63, 3.8) is 0 Å². The third-order valence-electron chi connectivity index (χ3n) is 2.23. The van der Waals surface area contributed by atoms with E-state index in [1.54, 1.807) is 0 Å². The summed E-state index contributed by atoms with van der Waals surface area (Å²) in [4.78, 5) is 22.4. The first-order valence-electron chi connectivity index (χ1n) is 6.30. The first kappa shape index (κ1) is 15.9. The van der Waals surface area contributed by atoms with Gasteiger partial charge in [-0.25, -0.2) is 0 Å². The molecule has 3 N–H and O–H groups in total. The van der Waals surface area contributed by atoms with Crippen LogP contribution in [0.1, 0.15) is 33.6 Å². The maximum atomic E-state index is 11.3. The average molecular weight is 243 g/mol. The summed E-state index contributed by atoms with van der Waals surface area (Å²) in [6.07, 6.45) is 1.40. The van der Waals surface area contributed by atoms with Crippen molar-refractivity contribution in [2.45, 2.75) is 33.6 Å². The Kier molecular flexibility index (Phi) is 9.43. The topological polar surface area (TPSA) is 70.2 Å². The molecule has 0 aliphatic rings. The van der Waals surface area contributed by atoms with Crippen LogP contribution in [0.25, 0.3) is 0 Å². The van der Waals surface area contributed by atoms with Gasteiger partial charge in [0.25, 0.3) is 0 Å². The van der Waals surface area contributed by atoms with E-state index in [1.165, 1.54) is 0 Å². The minimum atomic E-state index is -0.0125. The van der Waals surface area contributed by atoms with Gasteiger partial charge in [0.05, 0.1) is 6.54 Å². The lowest BCUT2D eigenvalue weighted by Gasteiger charge is -2.08. The molecule has 0 radical (unpaired) electrons. The molecule has 0 aliphatic heterocycles. The van der Waals surface area contributed by atoms with E-state index in [2.05, 4.69) is 29.8 Å². The van der Waals surface area contributed by atoms with Crippen molar-refractivity contribution < 1.29 is 9.59 Å². The molecule has 0 aromatic heterocycles. The van der Waals surface area contributed by atoms with Crippen LogP contribution in [0.2, 0.25) is 0 Å². The van der Waals surface area contributed by atoms with Crippen LogP contribution in [0.3, 0.4) is 0 Å². The van der Waals surface area contributed by atoms with Gasteiger partial charge < -0.3 is 16.0 Å². The smallest absolute Gasteiger partial charge is 0.233 e. The second-order valence-corrected chi connectivity index (χ2v) is 4.41. The van der Waals surface area contributed by atoms with Gasteiger partial charge in [0.2, 0.25) is 11.8 Å². The molecule has 5 heteroatoms. The van der Waals surface area contributed by atoms with E-state index in [0.717, 1.165) is 6.42 Å². The second kappa shape index (κ2) is 10.1. The molecule has 0 rings (SSSR count). The zero-order valence-corrected chi connectivity index (χ0v) is 11.1. The zero-order valence-electron chi connectivity index (χ0n) is 11.1. The van der Waals surface area contributed by atoms with E-state index < -0.39 is 0 Å². The van der Waals surface area contributed by atoms with Crippen LogP contribution in [0.4, 0.5) is 0 Å². The molecular weight excluding hydrogens is 218 g/mol. The molecule has 0 spiro atoms. The Morgan fingerprint density at radius 3 is 2.35 bits per heavy atom. The number of carbonyl (C=O) groups excluding carboxylic acids is 2. The van der Waals surface area contributed by atoms with Crippen LogP contribution >= 0.6 is 0 Å². The summed E-state index contributed by atoms with van der Waals surface area (Å²) < 4.78 is 0. The van der Waals surface area contributed by atoms with Gasteiger partial charge in [0.15, 0.2) is 0 Å². The number of amides is 2. The summed E-state index contributed by atoms with van der Waals surface area (Å²) in [7, 11) is 0. The first-order chi connectivity index (χ1) is 8.06. The van der Waals surface area contributed by atoms with Crippen molar-refractivity contribution in [3.05, 3.63) is 0 Å². The molecule has 17 heavy (non-hydrogen) atoms. The fourth-order valence-corrected chi connectivity index (χ4v) is 1.25. The van der Waals surface area contributed by atoms with Gasteiger partial charge in [0.1, 0.15) is 0 Å². The molecule has 5 nitrogen and oxygen atoms in total. The number of nitrogens with one attached hydrogen (secondary N) is 3. The lowest BCUT2D eigenvalue weighted by Crippen LogP contribution is -2.36. The third-order valence-corrected chi connectivity index (χ3v) is 2.23. The highest BCUT2D eigenvalue weighted by Gasteiger charge is 2.02. The average Bonchev–Trinajstić information content (AvgIpc) is 2.24. The van der Waals surface area contributed by atoms with Crippen molar-refractivity contribution in [1.29, 1.82) is 0 Å². The van der Waals surface area contributed by atoms with Gasteiger partial charge in [-0.1, -0.05) is 13.8 Å². The molecular formula is C12H25N3O2. The molecule has 0 aromatic carbocycles. The molecule has 2 amide bonds. The summed E-state index contributed by atoms with van der Waals surface area (Å²) in [6, 6.07) is 0. The van der Waals surface area contributed by atoms with Crippen molar-refractivity contribution in [3.8, 4) is 0 Å². The molecule has 0 bridgehead atoms. The highest BCUT2D eigenvalue weighted by Crippen LogP contribution is 1.95. The van der Waals surface area contributed by atoms with Crippen molar-refractivity contribution in [1.82, 2.24) is 16.0 Å². The predicted octanol–water partition coefficient (Wildman–Crippen LogP) is 0.265. The molecule has 0 atom stereocenters. The zero-order chi connectivity index (χ0) is 13.1. The fourth-order valence-electron chi connectivity index (χ4n) is 1.25. The fraction of sp³-hybridized carbons (Fsp3) is 0.833. The summed E-state index contributed by atoms with van der Waals surface area (Å²) in [6.45, 7) is 8.30. The molecule has 0 fully saturated rings. The highest BCUT2D eigenvalue weighted by atomic mass is 16.2. The molecule has 0 aromatic rings. The molecule has 0 heterocycles. The van der Waals surface area contributed by atoms with Crippen molar-refractivity contribution in [2.75, 3.05) is 26.2 Å². The Morgan fingerprint density at radius 2 is 1.76 bits per heavy atom. The summed E-state index contributed by atoms with van der Waals surface area (Å²) in [5.41, 5.74) is 0. The van der Waals surface area contributed by atoms with E-state index in [0.29, 0.717) is 32.0 Å². The Bertz CT molecular complexity index is 230. The lowest BCUT2D eigenvalue weighted by atomic mass is 10.1. The van der Waals surface area contributed by atoms with Crippen LogP contribution < -0.4 is 16.0 Å². The number of carbonyl (C=O) groups is 2. The molecule has 0 saturated carbocycles. The van der Waals surface area contributed by atoms with Gasteiger partial charge in [0, 0.05) is 26.1 Å². The van der Waals surface area contributed by atoms with Gasteiger partial charge in [-0.05, 0) is 19.3 Å². The van der Waals surface area contributed by atoms with Crippen LogP contribution in [0.15, 0.2) is 0 Å². The number of hydrogen-bond donors (Lipinski definition) is 3. The van der Waals surface area contributed by atoms with Crippen molar-refractivity contribution in [2.24, 2.45) is 5.92 Å². The Hall–Kier alpha value is -1.10. The summed E-state index contributed by atoms with van der Waals surface area (Å²) in [5, 5.41) is 8.47. The monoisotopic (exact) mass is 243 g/mol. The maximum Gasteiger partial charge on any atom is 0.233 e. The summed E-state index contributed by atoms with van der Waals surface area (Å²) >= 11 is 0. The third kappa shape index (κ3) is 11.2.